The van der Waals surface area contributed by atoms with E-state index in [0.717, 1.165) is 6.07 Å². The quantitative estimate of drug-likeness (QED) is 0.483. The number of ether oxygens (including phenoxy) is 1. The van der Waals surface area contributed by atoms with Crippen LogP contribution in [0.3, 0.4) is 0 Å². The van der Waals surface area contributed by atoms with Gasteiger partial charge in [0.25, 0.3) is 0 Å². The van der Waals surface area contributed by atoms with E-state index in [-0.39, 0.29) is 5.75 Å². The van der Waals surface area contributed by atoms with Crippen molar-refractivity contribution < 1.29 is 26.3 Å². The van der Waals surface area contributed by atoms with Gasteiger partial charge in [0.15, 0.2) is 0 Å². The molecule has 1 fully saturated rings. The Hall–Kier alpha value is -2.46. The smallest absolute Gasteiger partial charge is 0.416 e. The number of nitrogens with zero attached hydrogens (tertiary/aromatic N) is 3. The molecule has 2 aromatic rings. The van der Waals surface area contributed by atoms with Crippen molar-refractivity contribution in [3.8, 4) is 5.75 Å². The molecule has 0 saturated carbocycles. The number of sulfonamides is 1. The maximum atomic E-state index is 13.0. The topological polar surface area (TPSA) is 53.1 Å². The van der Waals surface area contributed by atoms with Crippen molar-refractivity contribution in [2.24, 2.45) is 0 Å². The summed E-state index contributed by atoms with van der Waals surface area (Å²) in [5.41, 5.74) is 0.550. The number of hydrogen-bond donors (Lipinski definition) is 0. The molecule has 0 N–H and O–H groups in total. The standard InChI is InChI=1S/C24H32F3N3O3S/c1-3-18-34(31,32)30(21-8-10-23(33-2)11-9-21)13-5-12-28-14-16-29(17-15-28)22-7-4-6-20(19-22)24(25,26)27/h4,6-11,19H,3,5,12-18H2,1-2H3. The van der Waals surface area contributed by atoms with E-state index in [9.17, 15) is 21.6 Å². The highest BCUT2D eigenvalue weighted by Gasteiger charge is 2.31. The second kappa shape index (κ2) is 11.3. The van der Waals surface area contributed by atoms with E-state index in [2.05, 4.69) is 4.90 Å². The molecule has 1 heterocycles. The summed E-state index contributed by atoms with van der Waals surface area (Å²) in [5.74, 6) is 0.740. The predicted octanol–water partition coefficient (Wildman–Crippen LogP) is 4.47. The van der Waals surface area contributed by atoms with Gasteiger partial charge in [-0.25, -0.2) is 8.42 Å². The SMILES string of the molecule is CCCS(=O)(=O)N(CCCN1CCN(c2cccc(C(F)(F)F)c2)CC1)c1ccc(OC)cc1. The minimum atomic E-state index is -4.36. The maximum absolute atomic E-state index is 13.0. The van der Waals surface area contributed by atoms with E-state index in [0.29, 0.717) is 69.2 Å². The van der Waals surface area contributed by atoms with Crippen molar-refractivity contribution in [2.75, 3.05) is 61.3 Å². The zero-order chi connectivity index (χ0) is 24.8. The van der Waals surface area contributed by atoms with Crippen LogP contribution in [-0.4, -0.2) is 65.4 Å². The number of benzene rings is 2. The molecule has 0 aromatic heterocycles. The molecule has 0 unspecified atom stereocenters. The molecule has 0 bridgehead atoms. The van der Waals surface area contributed by atoms with Gasteiger partial charge in [-0.1, -0.05) is 13.0 Å². The Bertz CT molecular complexity index is 1020. The number of rotatable bonds is 10. The van der Waals surface area contributed by atoms with Gasteiger partial charge >= 0.3 is 6.18 Å². The van der Waals surface area contributed by atoms with Crippen molar-refractivity contribution in [1.29, 1.82) is 0 Å². The van der Waals surface area contributed by atoms with Crippen molar-refractivity contribution >= 4 is 21.4 Å². The zero-order valence-corrected chi connectivity index (χ0v) is 20.4. The van der Waals surface area contributed by atoms with Gasteiger partial charge in [0, 0.05) is 45.0 Å². The van der Waals surface area contributed by atoms with Crippen LogP contribution in [0.2, 0.25) is 0 Å². The molecular weight excluding hydrogens is 467 g/mol. The summed E-state index contributed by atoms with van der Waals surface area (Å²) in [7, 11) is -1.87. The van der Waals surface area contributed by atoms with Crippen LogP contribution in [0.1, 0.15) is 25.3 Å². The first kappa shape index (κ1) is 26.2. The third-order valence-electron chi connectivity index (χ3n) is 5.90. The van der Waals surface area contributed by atoms with Crippen LogP contribution in [0.15, 0.2) is 48.5 Å². The molecule has 0 atom stereocenters. The Morgan fingerprint density at radius 1 is 1.03 bits per heavy atom. The van der Waals surface area contributed by atoms with Gasteiger partial charge in [-0.15, -0.1) is 0 Å². The van der Waals surface area contributed by atoms with Crippen LogP contribution in [-0.2, 0) is 16.2 Å². The Labute approximate surface area is 200 Å². The molecule has 0 radical (unpaired) electrons. The molecule has 0 amide bonds. The van der Waals surface area contributed by atoms with Crippen molar-refractivity contribution in [3.63, 3.8) is 0 Å². The van der Waals surface area contributed by atoms with Gasteiger partial charge in [-0.2, -0.15) is 13.2 Å². The van der Waals surface area contributed by atoms with Crippen molar-refractivity contribution in [1.82, 2.24) is 4.90 Å². The second-order valence-corrected chi connectivity index (χ2v) is 10.3. The Balaban J connectivity index is 1.56. The predicted molar refractivity (Wildman–Crippen MR) is 129 cm³/mol. The first-order valence-electron chi connectivity index (χ1n) is 11.4. The summed E-state index contributed by atoms with van der Waals surface area (Å²) in [4.78, 5) is 4.18. The van der Waals surface area contributed by atoms with Crippen molar-refractivity contribution in [2.45, 2.75) is 25.9 Å². The second-order valence-electron chi connectivity index (χ2n) is 8.32. The average molecular weight is 500 g/mol. The lowest BCUT2D eigenvalue weighted by Gasteiger charge is -2.36. The van der Waals surface area contributed by atoms with Crippen molar-refractivity contribution in [3.05, 3.63) is 54.1 Å². The van der Waals surface area contributed by atoms with Gasteiger partial charge in [-0.05, 0) is 55.3 Å². The normalized spacial score (nSPS) is 15.4. The fourth-order valence-electron chi connectivity index (χ4n) is 4.09. The highest BCUT2D eigenvalue weighted by Crippen LogP contribution is 2.32. The third kappa shape index (κ3) is 6.79. The number of piperazine rings is 1. The average Bonchev–Trinajstić information content (AvgIpc) is 2.82. The highest BCUT2D eigenvalue weighted by atomic mass is 32.2. The molecule has 1 saturated heterocycles. The van der Waals surface area contributed by atoms with Crippen LogP contribution in [0, 0.1) is 0 Å². The summed E-state index contributed by atoms with van der Waals surface area (Å²) in [5, 5.41) is 0. The van der Waals surface area contributed by atoms with Crippen LogP contribution >= 0.6 is 0 Å². The lowest BCUT2D eigenvalue weighted by Crippen LogP contribution is -2.47. The van der Waals surface area contributed by atoms with E-state index in [1.807, 2.05) is 11.8 Å². The van der Waals surface area contributed by atoms with Gasteiger partial charge in [0.2, 0.25) is 10.0 Å². The first-order chi connectivity index (χ1) is 16.1. The largest absolute Gasteiger partial charge is 0.497 e. The van der Waals surface area contributed by atoms with Crippen LogP contribution in [0.5, 0.6) is 5.75 Å². The minimum absolute atomic E-state index is 0.0781. The molecule has 6 nitrogen and oxygen atoms in total. The summed E-state index contributed by atoms with van der Waals surface area (Å²) in [6.45, 7) is 5.58. The Morgan fingerprint density at radius 3 is 2.29 bits per heavy atom. The van der Waals surface area contributed by atoms with Gasteiger partial charge < -0.3 is 9.64 Å². The molecule has 188 valence electrons. The summed E-state index contributed by atoms with van der Waals surface area (Å²) < 4.78 is 71.4. The summed E-state index contributed by atoms with van der Waals surface area (Å²) in [6, 6.07) is 12.4. The zero-order valence-electron chi connectivity index (χ0n) is 19.6. The Morgan fingerprint density at radius 2 is 1.71 bits per heavy atom. The molecular formula is C24H32F3N3O3S. The molecule has 10 heteroatoms. The number of halogens is 3. The number of alkyl halides is 3. The van der Waals surface area contributed by atoms with E-state index < -0.39 is 21.8 Å². The number of methoxy groups -OCH3 is 1. The monoisotopic (exact) mass is 499 g/mol. The lowest BCUT2D eigenvalue weighted by atomic mass is 10.1. The molecule has 1 aliphatic rings. The Kier molecular flexibility index (Phi) is 8.70. The van der Waals surface area contributed by atoms with Gasteiger partial charge in [-0.3, -0.25) is 9.21 Å². The van der Waals surface area contributed by atoms with E-state index >= 15 is 0 Å². The lowest BCUT2D eigenvalue weighted by molar-refractivity contribution is -0.137. The number of anilines is 2. The molecule has 1 aliphatic heterocycles. The molecule has 0 aliphatic carbocycles. The van der Waals surface area contributed by atoms with E-state index in [4.69, 9.17) is 4.74 Å². The van der Waals surface area contributed by atoms with E-state index in [1.54, 1.807) is 37.4 Å². The first-order valence-corrected chi connectivity index (χ1v) is 13.0. The fraction of sp³-hybridized carbons (Fsp3) is 0.500. The summed E-state index contributed by atoms with van der Waals surface area (Å²) >= 11 is 0. The van der Waals surface area contributed by atoms with Crippen LogP contribution in [0.25, 0.3) is 0 Å². The van der Waals surface area contributed by atoms with Crippen LogP contribution < -0.4 is 13.9 Å². The highest BCUT2D eigenvalue weighted by molar-refractivity contribution is 7.92. The molecule has 3 rings (SSSR count). The van der Waals surface area contributed by atoms with Gasteiger partial charge in [0.05, 0.1) is 24.1 Å². The fourth-order valence-corrected chi connectivity index (χ4v) is 5.68. The third-order valence-corrected chi connectivity index (χ3v) is 7.89. The molecule has 2 aromatic carbocycles. The van der Waals surface area contributed by atoms with Crippen LogP contribution in [0.4, 0.5) is 24.5 Å². The minimum Gasteiger partial charge on any atom is -0.497 e. The maximum Gasteiger partial charge on any atom is 0.416 e. The van der Waals surface area contributed by atoms with E-state index in [1.165, 1.54) is 16.4 Å². The van der Waals surface area contributed by atoms with Gasteiger partial charge in [0.1, 0.15) is 5.75 Å². The summed E-state index contributed by atoms with van der Waals surface area (Å²) in [6.07, 6.45) is -3.17. The molecule has 34 heavy (non-hydrogen) atoms. The molecule has 0 spiro atoms. The number of hydrogen-bond acceptors (Lipinski definition) is 5.